The van der Waals surface area contributed by atoms with Crippen molar-refractivity contribution in [2.45, 2.75) is 19.4 Å². The van der Waals surface area contributed by atoms with E-state index in [1.54, 1.807) is 30.3 Å². The molecule has 0 unspecified atom stereocenters. The molecule has 6 nitrogen and oxygen atoms in total. The minimum atomic E-state index is -0.963. The van der Waals surface area contributed by atoms with Crippen LogP contribution in [-0.2, 0) is 20.7 Å². The van der Waals surface area contributed by atoms with Gasteiger partial charge in [-0.2, -0.15) is 0 Å². The number of rotatable bonds is 6. The van der Waals surface area contributed by atoms with Gasteiger partial charge in [-0.15, -0.1) is 0 Å². The molecule has 2 N–H and O–H groups in total. The Kier molecular flexibility index (Phi) is 7.21. The first-order valence-electron chi connectivity index (χ1n) is 8.01. The van der Waals surface area contributed by atoms with Gasteiger partial charge >= 0.3 is 5.97 Å². The molecular weight excluding hydrogens is 391 g/mol. The second-order valence-corrected chi connectivity index (χ2v) is 6.53. The summed E-state index contributed by atoms with van der Waals surface area (Å²) in [6, 6.07) is 10.3. The van der Waals surface area contributed by atoms with Gasteiger partial charge in [0.05, 0.1) is 7.11 Å². The molecule has 0 bridgehead atoms. The van der Waals surface area contributed by atoms with Crippen molar-refractivity contribution < 1.29 is 19.1 Å². The quantitative estimate of drug-likeness (QED) is 0.716. The minimum Gasteiger partial charge on any atom is -0.467 e. The number of nitrogens with one attached hydrogen (secondary N) is 2. The second-order valence-electron chi connectivity index (χ2n) is 5.71. The van der Waals surface area contributed by atoms with Gasteiger partial charge in [0.15, 0.2) is 0 Å². The molecule has 2 aromatic carbocycles. The molecule has 2 aromatic rings. The smallest absolute Gasteiger partial charge is 0.328 e. The third-order valence-electron chi connectivity index (χ3n) is 3.73. The van der Waals surface area contributed by atoms with Crippen LogP contribution >= 0.6 is 23.2 Å². The SMILES string of the molecule is COC(=O)[C@@H](Cc1c(Cl)cccc1Cl)NC(=O)c1ccc(NC(C)=O)cc1. The Morgan fingerprint density at radius 1 is 1.04 bits per heavy atom. The lowest BCUT2D eigenvalue weighted by atomic mass is 10.0. The van der Waals surface area contributed by atoms with Crippen LogP contribution in [0.4, 0.5) is 5.69 Å². The molecule has 0 spiro atoms. The van der Waals surface area contributed by atoms with E-state index in [0.717, 1.165) is 0 Å². The highest BCUT2D eigenvalue weighted by molar-refractivity contribution is 6.36. The Morgan fingerprint density at radius 2 is 1.63 bits per heavy atom. The summed E-state index contributed by atoms with van der Waals surface area (Å²) in [4.78, 5) is 35.7. The predicted octanol–water partition coefficient (Wildman–Crippen LogP) is 3.47. The lowest BCUT2D eigenvalue weighted by Crippen LogP contribution is -2.43. The zero-order valence-corrected chi connectivity index (χ0v) is 16.2. The van der Waals surface area contributed by atoms with Crippen molar-refractivity contribution in [2.75, 3.05) is 12.4 Å². The summed E-state index contributed by atoms with van der Waals surface area (Å²) in [7, 11) is 1.23. The van der Waals surface area contributed by atoms with Crippen molar-refractivity contribution in [3.05, 3.63) is 63.6 Å². The molecule has 142 valence electrons. The van der Waals surface area contributed by atoms with E-state index >= 15 is 0 Å². The summed E-state index contributed by atoms with van der Waals surface area (Å²) < 4.78 is 4.78. The number of carbonyl (C=O) groups excluding carboxylic acids is 3. The highest BCUT2D eigenvalue weighted by Gasteiger charge is 2.24. The molecule has 1 atom stereocenters. The number of anilines is 1. The van der Waals surface area contributed by atoms with Crippen LogP contribution in [0.1, 0.15) is 22.8 Å². The molecule has 0 saturated heterocycles. The van der Waals surface area contributed by atoms with Crippen LogP contribution in [0.2, 0.25) is 10.0 Å². The maximum atomic E-state index is 12.5. The molecule has 0 saturated carbocycles. The van der Waals surface area contributed by atoms with Crippen LogP contribution < -0.4 is 10.6 Å². The van der Waals surface area contributed by atoms with E-state index in [1.807, 2.05) is 0 Å². The van der Waals surface area contributed by atoms with Crippen LogP contribution in [0.15, 0.2) is 42.5 Å². The predicted molar refractivity (Wildman–Crippen MR) is 104 cm³/mol. The van der Waals surface area contributed by atoms with Gasteiger partial charge in [-0.1, -0.05) is 29.3 Å². The molecule has 2 amide bonds. The standard InChI is InChI=1S/C19H18Cl2N2O4/c1-11(24)22-13-8-6-12(7-9-13)18(25)23-17(19(26)27-2)10-14-15(20)4-3-5-16(14)21/h3-9,17H,10H2,1-2H3,(H,22,24)(H,23,25)/t17-/m1/s1. The van der Waals surface area contributed by atoms with Gasteiger partial charge in [0, 0.05) is 34.6 Å². The van der Waals surface area contributed by atoms with Crippen LogP contribution in [0, 0.1) is 0 Å². The highest BCUT2D eigenvalue weighted by atomic mass is 35.5. The van der Waals surface area contributed by atoms with Crippen LogP contribution in [0.3, 0.4) is 0 Å². The zero-order chi connectivity index (χ0) is 20.0. The molecular formula is C19H18Cl2N2O4. The molecule has 0 aliphatic rings. The number of hydrogen-bond donors (Lipinski definition) is 2. The first kappa shape index (κ1) is 20.7. The molecule has 0 radical (unpaired) electrons. The number of hydrogen-bond acceptors (Lipinski definition) is 4. The van der Waals surface area contributed by atoms with Gasteiger partial charge in [0.1, 0.15) is 6.04 Å². The number of carbonyl (C=O) groups is 3. The summed E-state index contributed by atoms with van der Waals surface area (Å²) in [6.07, 6.45) is 0.0842. The molecule has 0 aliphatic carbocycles. The van der Waals surface area contributed by atoms with Crippen molar-refractivity contribution in [3.63, 3.8) is 0 Å². The van der Waals surface area contributed by atoms with Crippen LogP contribution in [-0.4, -0.2) is 30.9 Å². The number of methoxy groups -OCH3 is 1. The van der Waals surface area contributed by atoms with Gasteiger partial charge in [-0.05, 0) is 42.0 Å². The Bertz CT molecular complexity index is 833. The average Bonchev–Trinajstić information content (AvgIpc) is 2.63. The molecule has 0 aromatic heterocycles. The third kappa shape index (κ3) is 5.70. The van der Waals surface area contributed by atoms with Crippen LogP contribution in [0.25, 0.3) is 0 Å². The summed E-state index contributed by atoms with van der Waals surface area (Å²) in [5.41, 5.74) is 1.42. The molecule has 0 fully saturated rings. The monoisotopic (exact) mass is 408 g/mol. The molecule has 2 rings (SSSR count). The van der Waals surface area contributed by atoms with E-state index in [-0.39, 0.29) is 12.3 Å². The van der Waals surface area contributed by atoms with Crippen molar-refractivity contribution in [1.82, 2.24) is 5.32 Å². The number of amides is 2. The number of halogens is 2. The number of benzene rings is 2. The van der Waals surface area contributed by atoms with E-state index in [2.05, 4.69) is 10.6 Å². The van der Waals surface area contributed by atoms with Crippen molar-refractivity contribution >= 4 is 46.7 Å². The van der Waals surface area contributed by atoms with Gasteiger partial charge in [-0.3, -0.25) is 9.59 Å². The fourth-order valence-corrected chi connectivity index (χ4v) is 2.97. The minimum absolute atomic E-state index is 0.0842. The lowest BCUT2D eigenvalue weighted by Gasteiger charge is -2.18. The normalized spacial score (nSPS) is 11.4. The first-order chi connectivity index (χ1) is 12.8. The van der Waals surface area contributed by atoms with E-state index in [9.17, 15) is 14.4 Å². The van der Waals surface area contributed by atoms with Gasteiger partial charge in [-0.25, -0.2) is 4.79 Å². The Hall–Kier alpha value is -2.57. The van der Waals surface area contributed by atoms with Crippen LogP contribution in [0.5, 0.6) is 0 Å². The molecule has 8 heteroatoms. The second kappa shape index (κ2) is 9.39. The fraction of sp³-hybridized carbons (Fsp3) is 0.211. The zero-order valence-electron chi connectivity index (χ0n) is 14.7. The van der Waals surface area contributed by atoms with Gasteiger partial charge in [0.2, 0.25) is 5.91 Å². The fourth-order valence-electron chi connectivity index (χ4n) is 2.42. The van der Waals surface area contributed by atoms with Crippen molar-refractivity contribution in [1.29, 1.82) is 0 Å². The molecule has 0 aliphatic heterocycles. The maximum Gasteiger partial charge on any atom is 0.328 e. The van der Waals surface area contributed by atoms with Gasteiger partial charge in [0.25, 0.3) is 5.91 Å². The first-order valence-corrected chi connectivity index (χ1v) is 8.76. The molecule has 0 heterocycles. The van der Waals surface area contributed by atoms with E-state index in [4.69, 9.17) is 27.9 Å². The van der Waals surface area contributed by atoms with E-state index in [0.29, 0.717) is 26.9 Å². The Labute approximate surface area is 166 Å². The summed E-state index contributed by atoms with van der Waals surface area (Å²) in [5.74, 6) is -1.30. The summed E-state index contributed by atoms with van der Waals surface area (Å²) in [5, 5.41) is 6.03. The average molecular weight is 409 g/mol. The maximum absolute atomic E-state index is 12.5. The summed E-state index contributed by atoms with van der Waals surface area (Å²) in [6.45, 7) is 1.39. The van der Waals surface area contributed by atoms with Crippen molar-refractivity contribution in [3.8, 4) is 0 Å². The Balaban J connectivity index is 2.17. The molecule has 27 heavy (non-hydrogen) atoms. The highest BCUT2D eigenvalue weighted by Crippen LogP contribution is 2.26. The third-order valence-corrected chi connectivity index (χ3v) is 4.44. The summed E-state index contributed by atoms with van der Waals surface area (Å²) >= 11 is 12.3. The van der Waals surface area contributed by atoms with Gasteiger partial charge < -0.3 is 15.4 Å². The lowest BCUT2D eigenvalue weighted by molar-refractivity contribution is -0.142. The van der Waals surface area contributed by atoms with E-state index in [1.165, 1.54) is 26.2 Å². The Morgan fingerprint density at radius 3 is 2.15 bits per heavy atom. The van der Waals surface area contributed by atoms with Crippen molar-refractivity contribution in [2.24, 2.45) is 0 Å². The number of esters is 1. The van der Waals surface area contributed by atoms with E-state index < -0.39 is 17.9 Å². The largest absolute Gasteiger partial charge is 0.467 e. The number of ether oxygens (including phenoxy) is 1. The topological polar surface area (TPSA) is 84.5 Å².